The highest BCUT2D eigenvalue weighted by Gasteiger charge is 2.35. The van der Waals surface area contributed by atoms with Crippen molar-refractivity contribution in [1.82, 2.24) is 9.97 Å². The first-order valence-electron chi connectivity index (χ1n) is 5.54. The zero-order chi connectivity index (χ0) is 14.9. The second-order valence-corrected chi connectivity index (χ2v) is 4.07. The largest absolute Gasteiger partial charge is 0.478 e. The minimum Gasteiger partial charge on any atom is -0.478 e. The third kappa shape index (κ3) is 2.61. The van der Waals surface area contributed by atoms with Gasteiger partial charge < -0.3 is 5.11 Å². The average molecular weight is 282 g/mol. The quantitative estimate of drug-likeness (QED) is 0.919. The Morgan fingerprint density at radius 1 is 1.25 bits per heavy atom. The van der Waals surface area contributed by atoms with Gasteiger partial charge in [0.2, 0.25) is 5.82 Å². The number of aryl methyl sites for hydroxylation is 1. The molecule has 1 heterocycles. The Kier molecular flexibility index (Phi) is 3.44. The number of carboxylic acids is 1. The first kappa shape index (κ1) is 14.0. The molecule has 4 nitrogen and oxygen atoms in total. The van der Waals surface area contributed by atoms with Gasteiger partial charge in [-0.05, 0) is 12.5 Å². The molecule has 2 rings (SSSR count). The van der Waals surface area contributed by atoms with Crippen LogP contribution in [0.25, 0.3) is 11.3 Å². The molecule has 2 aromatic rings. The molecule has 0 spiro atoms. The number of aromatic nitrogens is 2. The summed E-state index contributed by atoms with van der Waals surface area (Å²) in [7, 11) is 0. The highest BCUT2D eigenvalue weighted by molar-refractivity contribution is 5.94. The Hall–Kier alpha value is -2.44. The maximum Gasteiger partial charge on any atom is 0.451 e. The van der Waals surface area contributed by atoms with E-state index in [4.69, 9.17) is 5.11 Å². The van der Waals surface area contributed by atoms with Gasteiger partial charge in [-0.25, -0.2) is 14.8 Å². The summed E-state index contributed by atoms with van der Waals surface area (Å²) in [4.78, 5) is 17.6. The number of halogens is 3. The lowest BCUT2D eigenvalue weighted by Gasteiger charge is -2.11. The summed E-state index contributed by atoms with van der Waals surface area (Å²) < 4.78 is 37.9. The smallest absolute Gasteiger partial charge is 0.451 e. The first-order valence-corrected chi connectivity index (χ1v) is 5.54. The van der Waals surface area contributed by atoms with Crippen LogP contribution in [0, 0.1) is 6.92 Å². The van der Waals surface area contributed by atoms with Crippen molar-refractivity contribution in [3.63, 3.8) is 0 Å². The van der Waals surface area contributed by atoms with E-state index in [1.54, 1.807) is 25.1 Å². The molecule has 0 fully saturated rings. The molecule has 0 amide bonds. The predicted octanol–water partition coefficient (Wildman–Crippen LogP) is 3.17. The predicted molar refractivity (Wildman–Crippen MR) is 64.2 cm³/mol. The molecule has 1 N–H and O–H groups in total. The number of hydrogen-bond donors (Lipinski definition) is 1. The van der Waals surface area contributed by atoms with Crippen molar-refractivity contribution in [2.75, 3.05) is 0 Å². The van der Waals surface area contributed by atoms with E-state index in [9.17, 15) is 18.0 Å². The van der Waals surface area contributed by atoms with Crippen LogP contribution in [0.15, 0.2) is 30.5 Å². The van der Waals surface area contributed by atoms with Gasteiger partial charge in [0.1, 0.15) is 5.56 Å². The van der Waals surface area contributed by atoms with Crippen LogP contribution < -0.4 is 0 Å². The normalized spacial score (nSPS) is 11.4. The SMILES string of the molecule is Cc1ccccc1-c1nc(C(F)(F)F)ncc1C(=O)O. The summed E-state index contributed by atoms with van der Waals surface area (Å²) in [6, 6.07) is 6.48. The van der Waals surface area contributed by atoms with Gasteiger partial charge in [-0.1, -0.05) is 24.3 Å². The fraction of sp³-hybridized carbons (Fsp3) is 0.154. The minimum absolute atomic E-state index is 0.238. The molecule has 104 valence electrons. The van der Waals surface area contributed by atoms with Crippen LogP contribution in [0.4, 0.5) is 13.2 Å². The Bertz CT molecular complexity index is 669. The van der Waals surface area contributed by atoms with E-state index in [1.807, 2.05) is 0 Å². The third-order valence-electron chi connectivity index (χ3n) is 2.67. The van der Waals surface area contributed by atoms with Crippen molar-refractivity contribution in [2.24, 2.45) is 0 Å². The van der Waals surface area contributed by atoms with Crippen LogP contribution in [0.1, 0.15) is 21.7 Å². The van der Waals surface area contributed by atoms with Gasteiger partial charge in [0, 0.05) is 11.8 Å². The van der Waals surface area contributed by atoms with Crippen molar-refractivity contribution in [1.29, 1.82) is 0 Å². The Labute approximate surface area is 111 Å². The summed E-state index contributed by atoms with van der Waals surface area (Å²) in [5.74, 6) is -2.74. The maximum atomic E-state index is 12.6. The van der Waals surface area contributed by atoms with E-state index in [0.29, 0.717) is 17.3 Å². The second-order valence-electron chi connectivity index (χ2n) is 4.07. The molecule has 0 aliphatic heterocycles. The van der Waals surface area contributed by atoms with Crippen LogP contribution in [-0.2, 0) is 6.18 Å². The molecule has 0 saturated carbocycles. The van der Waals surface area contributed by atoms with Crippen molar-refractivity contribution in [2.45, 2.75) is 13.1 Å². The Morgan fingerprint density at radius 3 is 2.45 bits per heavy atom. The number of rotatable bonds is 2. The van der Waals surface area contributed by atoms with Crippen molar-refractivity contribution >= 4 is 5.97 Å². The lowest BCUT2D eigenvalue weighted by Crippen LogP contribution is -2.14. The van der Waals surface area contributed by atoms with Crippen LogP contribution in [-0.4, -0.2) is 21.0 Å². The maximum absolute atomic E-state index is 12.6. The molecule has 0 atom stereocenters. The molecular weight excluding hydrogens is 273 g/mol. The summed E-state index contributed by atoms with van der Waals surface area (Å²) in [5.41, 5.74) is 0.352. The summed E-state index contributed by atoms with van der Waals surface area (Å²) in [6.07, 6.45) is -4.05. The minimum atomic E-state index is -4.73. The number of hydrogen-bond acceptors (Lipinski definition) is 3. The lowest BCUT2D eigenvalue weighted by atomic mass is 10.0. The molecule has 0 unspecified atom stereocenters. The lowest BCUT2D eigenvalue weighted by molar-refractivity contribution is -0.144. The molecule has 1 aromatic heterocycles. The topological polar surface area (TPSA) is 63.1 Å². The van der Waals surface area contributed by atoms with Gasteiger partial charge >= 0.3 is 12.1 Å². The van der Waals surface area contributed by atoms with Crippen molar-refractivity contribution in [3.8, 4) is 11.3 Å². The van der Waals surface area contributed by atoms with Gasteiger partial charge in [-0.2, -0.15) is 13.2 Å². The average Bonchev–Trinajstić information content (AvgIpc) is 2.37. The molecule has 20 heavy (non-hydrogen) atoms. The second kappa shape index (κ2) is 4.92. The number of nitrogens with zero attached hydrogens (tertiary/aromatic N) is 2. The van der Waals surface area contributed by atoms with E-state index in [1.165, 1.54) is 6.07 Å². The van der Waals surface area contributed by atoms with E-state index < -0.39 is 18.0 Å². The van der Waals surface area contributed by atoms with Crippen LogP contribution in [0.2, 0.25) is 0 Å². The van der Waals surface area contributed by atoms with Crippen LogP contribution in [0.5, 0.6) is 0 Å². The summed E-state index contributed by atoms with van der Waals surface area (Å²) >= 11 is 0. The van der Waals surface area contributed by atoms with Crippen LogP contribution in [0.3, 0.4) is 0 Å². The highest BCUT2D eigenvalue weighted by Crippen LogP contribution is 2.30. The van der Waals surface area contributed by atoms with E-state index in [0.717, 1.165) is 0 Å². The summed E-state index contributed by atoms with van der Waals surface area (Å²) in [6.45, 7) is 1.66. The Morgan fingerprint density at radius 2 is 1.90 bits per heavy atom. The van der Waals surface area contributed by atoms with Gasteiger partial charge in [0.05, 0.1) is 5.69 Å². The molecular formula is C13H9F3N2O2. The fourth-order valence-electron chi connectivity index (χ4n) is 1.72. The monoisotopic (exact) mass is 282 g/mol. The van der Waals surface area contributed by atoms with Gasteiger partial charge in [0.15, 0.2) is 0 Å². The van der Waals surface area contributed by atoms with E-state index in [-0.39, 0.29) is 11.3 Å². The Balaban J connectivity index is 2.71. The third-order valence-corrected chi connectivity index (χ3v) is 2.67. The molecule has 1 aromatic carbocycles. The van der Waals surface area contributed by atoms with Gasteiger partial charge in [-0.15, -0.1) is 0 Å². The van der Waals surface area contributed by atoms with Crippen LogP contribution >= 0.6 is 0 Å². The number of carboxylic acid groups (broad SMARTS) is 1. The molecule has 0 bridgehead atoms. The number of carbonyl (C=O) groups is 1. The van der Waals surface area contributed by atoms with Crippen molar-refractivity contribution in [3.05, 3.63) is 47.4 Å². The van der Waals surface area contributed by atoms with Gasteiger partial charge in [-0.3, -0.25) is 0 Å². The standard InChI is InChI=1S/C13H9F3N2O2/c1-7-4-2-3-5-8(7)10-9(11(19)20)6-17-12(18-10)13(14,15)16/h2-6H,1H3,(H,19,20). The van der Waals surface area contributed by atoms with Gasteiger partial charge in [0.25, 0.3) is 0 Å². The summed E-state index contributed by atoms with van der Waals surface area (Å²) in [5, 5.41) is 9.05. The zero-order valence-corrected chi connectivity index (χ0v) is 10.3. The zero-order valence-electron chi connectivity index (χ0n) is 10.3. The van der Waals surface area contributed by atoms with E-state index >= 15 is 0 Å². The first-order chi connectivity index (χ1) is 9.30. The molecule has 0 radical (unpaired) electrons. The highest BCUT2D eigenvalue weighted by atomic mass is 19.4. The molecule has 0 aliphatic rings. The molecule has 0 saturated heterocycles. The number of aromatic carboxylic acids is 1. The molecule has 7 heteroatoms. The van der Waals surface area contributed by atoms with E-state index in [2.05, 4.69) is 9.97 Å². The number of alkyl halides is 3. The fourth-order valence-corrected chi connectivity index (χ4v) is 1.72. The van der Waals surface area contributed by atoms with Crippen molar-refractivity contribution < 1.29 is 23.1 Å². The number of benzene rings is 1. The molecule has 0 aliphatic carbocycles.